The molecule has 0 N–H and O–H groups in total. The van der Waals surface area contributed by atoms with E-state index in [1.807, 2.05) is 12.1 Å². The van der Waals surface area contributed by atoms with Gasteiger partial charge in [-0.2, -0.15) is 0 Å². The molecule has 1 aliphatic carbocycles. The van der Waals surface area contributed by atoms with Crippen molar-refractivity contribution in [3.63, 3.8) is 0 Å². The molecule has 0 heterocycles. The average Bonchev–Trinajstić information content (AvgIpc) is 1.92. The highest BCUT2D eigenvalue weighted by atomic mass is 16.5. The van der Waals surface area contributed by atoms with Crippen molar-refractivity contribution >= 4 is 12.2 Å². The van der Waals surface area contributed by atoms with Crippen molar-refractivity contribution in [3.05, 3.63) is 29.3 Å². The van der Waals surface area contributed by atoms with Crippen LogP contribution in [0.4, 0.5) is 0 Å². The molecular formula is C9H8O. The first-order valence-corrected chi connectivity index (χ1v) is 3.26. The lowest BCUT2D eigenvalue weighted by molar-refractivity contribution is 0.414. The number of benzene rings is 1. The summed E-state index contributed by atoms with van der Waals surface area (Å²) >= 11 is 0. The number of hydrogen-bond donors (Lipinski definition) is 0. The highest BCUT2D eigenvalue weighted by Crippen LogP contribution is 2.26. The van der Waals surface area contributed by atoms with E-state index in [1.54, 1.807) is 7.11 Å². The van der Waals surface area contributed by atoms with Crippen LogP contribution in [0.2, 0.25) is 0 Å². The van der Waals surface area contributed by atoms with Crippen LogP contribution >= 0.6 is 0 Å². The molecule has 10 heavy (non-hydrogen) atoms. The first-order chi connectivity index (χ1) is 4.90. The number of ether oxygens (including phenoxy) is 1. The van der Waals surface area contributed by atoms with E-state index in [2.05, 4.69) is 18.2 Å². The molecule has 1 nitrogen and oxygen atoms in total. The third-order valence-electron chi connectivity index (χ3n) is 1.74. The predicted molar refractivity (Wildman–Crippen MR) is 41.9 cm³/mol. The van der Waals surface area contributed by atoms with Crippen LogP contribution in [0.5, 0.6) is 5.75 Å². The highest BCUT2D eigenvalue weighted by molar-refractivity contribution is 5.86. The fraction of sp³-hybridized carbons (Fsp3) is 0.111. The summed E-state index contributed by atoms with van der Waals surface area (Å²) in [5, 5.41) is 0. The first kappa shape index (κ1) is 5.54. The van der Waals surface area contributed by atoms with E-state index in [4.69, 9.17) is 4.74 Å². The van der Waals surface area contributed by atoms with Crippen molar-refractivity contribution in [1.82, 2.24) is 0 Å². The summed E-state index contributed by atoms with van der Waals surface area (Å²) in [5.74, 6) is 0.933. The molecule has 0 saturated carbocycles. The first-order valence-electron chi connectivity index (χ1n) is 3.26. The molecule has 0 unspecified atom stereocenters. The van der Waals surface area contributed by atoms with Crippen LogP contribution in [0.15, 0.2) is 18.2 Å². The molecule has 2 rings (SSSR count). The molecule has 0 spiro atoms. The molecule has 1 heteroatoms. The van der Waals surface area contributed by atoms with E-state index in [0.717, 1.165) is 5.75 Å². The summed E-state index contributed by atoms with van der Waals surface area (Å²) in [4.78, 5) is 0. The summed E-state index contributed by atoms with van der Waals surface area (Å²) in [6.45, 7) is 0. The summed E-state index contributed by atoms with van der Waals surface area (Å²) in [6, 6.07) is 6.08. The lowest BCUT2D eigenvalue weighted by Crippen LogP contribution is -1.90. The Bertz CT molecular complexity index is 287. The van der Waals surface area contributed by atoms with Gasteiger partial charge in [0.15, 0.2) is 0 Å². The van der Waals surface area contributed by atoms with Crippen LogP contribution in [0, 0.1) is 0 Å². The molecule has 0 bridgehead atoms. The maximum Gasteiger partial charge on any atom is 0.119 e. The minimum absolute atomic E-state index is 0.933. The van der Waals surface area contributed by atoms with Crippen LogP contribution in [-0.2, 0) is 0 Å². The molecule has 0 atom stereocenters. The zero-order chi connectivity index (χ0) is 6.97. The molecule has 1 aliphatic rings. The van der Waals surface area contributed by atoms with Gasteiger partial charge in [0.25, 0.3) is 0 Å². The van der Waals surface area contributed by atoms with Gasteiger partial charge in [0, 0.05) is 0 Å². The van der Waals surface area contributed by atoms with Crippen molar-refractivity contribution in [1.29, 1.82) is 0 Å². The highest BCUT2D eigenvalue weighted by Gasteiger charge is 2.04. The van der Waals surface area contributed by atoms with Crippen molar-refractivity contribution in [2.45, 2.75) is 0 Å². The smallest absolute Gasteiger partial charge is 0.119 e. The van der Waals surface area contributed by atoms with E-state index in [9.17, 15) is 0 Å². The second kappa shape index (κ2) is 1.87. The Morgan fingerprint density at radius 2 is 1.90 bits per heavy atom. The number of hydrogen-bond acceptors (Lipinski definition) is 1. The normalized spacial score (nSPS) is 12.1. The topological polar surface area (TPSA) is 9.23 Å². The van der Waals surface area contributed by atoms with Crippen molar-refractivity contribution < 1.29 is 4.74 Å². The van der Waals surface area contributed by atoms with E-state index in [1.165, 1.54) is 11.1 Å². The summed E-state index contributed by atoms with van der Waals surface area (Å²) in [7, 11) is 1.68. The predicted octanol–water partition coefficient (Wildman–Crippen LogP) is 2.18. The van der Waals surface area contributed by atoms with Gasteiger partial charge in [-0.15, -0.1) is 0 Å². The molecule has 50 valence electrons. The van der Waals surface area contributed by atoms with Gasteiger partial charge in [0.05, 0.1) is 7.11 Å². The van der Waals surface area contributed by atoms with Gasteiger partial charge in [-0.05, 0) is 23.3 Å². The third-order valence-corrected chi connectivity index (χ3v) is 1.74. The molecule has 0 radical (unpaired) electrons. The second-order valence-electron chi connectivity index (χ2n) is 2.33. The van der Waals surface area contributed by atoms with E-state index in [0.29, 0.717) is 0 Å². The zero-order valence-electron chi connectivity index (χ0n) is 5.79. The standard InChI is InChI=1S/C9H8O/c1-10-9-5-4-7-2-3-8(7)6-9/h2-6H,1H3. The Morgan fingerprint density at radius 1 is 1.10 bits per heavy atom. The lowest BCUT2D eigenvalue weighted by Gasteiger charge is -2.10. The quantitative estimate of drug-likeness (QED) is 0.577. The molecule has 0 amide bonds. The maximum atomic E-state index is 5.05. The summed E-state index contributed by atoms with van der Waals surface area (Å²) in [5.41, 5.74) is 2.58. The number of fused-ring (bicyclic) bond motifs is 1. The minimum Gasteiger partial charge on any atom is -0.497 e. The SMILES string of the molecule is COc1ccc2c(c1)C=C2. The van der Waals surface area contributed by atoms with E-state index >= 15 is 0 Å². The third kappa shape index (κ3) is 0.637. The molecule has 0 aliphatic heterocycles. The van der Waals surface area contributed by atoms with Gasteiger partial charge < -0.3 is 4.74 Å². The molecule has 0 fully saturated rings. The van der Waals surface area contributed by atoms with Crippen molar-refractivity contribution in [2.24, 2.45) is 0 Å². The molecule has 1 aromatic carbocycles. The van der Waals surface area contributed by atoms with Gasteiger partial charge in [-0.1, -0.05) is 18.2 Å². The second-order valence-corrected chi connectivity index (χ2v) is 2.33. The summed E-state index contributed by atoms with van der Waals surface area (Å²) < 4.78 is 5.05. The number of rotatable bonds is 1. The fourth-order valence-corrected chi connectivity index (χ4v) is 1.06. The zero-order valence-corrected chi connectivity index (χ0v) is 5.79. The lowest BCUT2D eigenvalue weighted by atomic mass is 9.98. The monoisotopic (exact) mass is 132 g/mol. The van der Waals surface area contributed by atoms with Crippen LogP contribution in [0.3, 0.4) is 0 Å². The molecule has 1 aromatic rings. The molecule has 0 saturated heterocycles. The van der Waals surface area contributed by atoms with E-state index in [-0.39, 0.29) is 0 Å². The van der Waals surface area contributed by atoms with Gasteiger partial charge >= 0.3 is 0 Å². The largest absolute Gasteiger partial charge is 0.497 e. The fourth-order valence-electron chi connectivity index (χ4n) is 1.06. The van der Waals surface area contributed by atoms with E-state index < -0.39 is 0 Å². The van der Waals surface area contributed by atoms with Gasteiger partial charge in [-0.25, -0.2) is 0 Å². The minimum atomic E-state index is 0.933. The molecule has 0 aromatic heterocycles. The Morgan fingerprint density at radius 3 is 2.40 bits per heavy atom. The average molecular weight is 132 g/mol. The van der Waals surface area contributed by atoms with Gasteiger partial charge in [0.2, 0.25) is 0 Å². The van der Waals surface area contributed by atoms with Crippen LogP contribution in [0.25, 0.3) is 12.2 Å². The van der Waals surface area contributed by atoms with Crippen molar-refractivity contribution in [2.75, 3.05) is 7.11 Å². The van der Waals surface area contributed by atoms with Gasteiger partial charge in [0.1, 0.15) is 5.75 Å². The maximum absolute atomic E-state index is 5.05. The Balaban J connectivity index is 2.46. The Hall–Kier alpha value is -1.24. The Labute approximate surface area is 59.9 Å². The Kier molecular flexibility index (Phi) is 1.04. The van der Waals surface area contributed by atoms with Gasteiger partial charge in [-0.3, -0.25) is 0 Å². The van der Waals surface area contributed by atoms with Crippen LogP contribution in [0.1, 0.15) is 11.1 Å². The van der Waals surface area contributed by atoms with Crippen LogP contribution < -0.4 is 4.74 Å². The molecular weight excluding hydrogens is 124 g/mol. The van der Waals surface area contributed by atoms with Crippen molar-refractivity contribution in [3.8, 4) is 5.75 Å². The number of methoxy groups -OCH3 is 1. The van der Waals surface area contributed by atoms with Crippen LogP contribution in [-0.4, -0.2) is 7.11 Å². The summed E-state index contributed by atoms with van der Waals surface area (Å²) in [6.07, 6.45) is 4.17.